The van der Waals surface area contributed by atoms with Crippen molar-refractivity contribution in [2.75, 3.05) is 11.4 Å². The Bertz CT molecular complexity index is 1180. The number of carbonyl (C=O) groups excluding carboxylic acids is 1. The average molecular weight is 429 g/mol. The number of nitrogens with zero attached hydrogens (tertiary/aromatic N) is 4. The summed E-state index contributed by atoms with van der Waals surface area (Å²) in [6.07, 6.45) is 1.64. The molecular weight excluding hydrogens is 404 g/mol. The van der Waals surface area contributed by atoms with E-state index in [1.165, 1.54) is 6.07 Å². The molecule has 1 aliphatic carbocycles. The van der Waals surface area contributed by atoms with Crippen molar-refractivity contribution in [3.8, 4) is 0 Å². The Hall–Kier alpha value is -2.72. The molecule has 9 nitrogen and oxygen atoms in total. The molecule has 158 valence electrons. The Morgan fingerprint density at radius 3 is 2.73 bits per heavy atom. The molecule has 3 aliphatic rings. The number of carbonyl (C=O) groups is 1. The molecule has 1 aromatic carbocycles. The van der Waals surface area contributed by atoms with Crippen LogP contribution in [0.3, 0.4) is 0 Å². The third-order valence-electron chi connectivity index (χ3n) is 5.87. The Morgan fingerprint density at radius 2 is 2.07 bits per heavy atom. The number of hydrogen-bond donors (Lipinski definition) is 2. The van der Waals surface area contributed by atoms with Crippen LogP contribution in [0, 0.1) is 6.92 Å². The lowest BCUT2D eigenvalue weighted by Gasteiger charge is -2.37. The van der Waals surface area contributed by atoms with Crippen LogP contribution < -0.4 is 9.62 Å². The van der Waals surface area contributed by atoms with Gasteiger partial charge in [0.15, 0.2) is 0 Å². The molecule has 0 saturated heterocycles. The van der Waals surface area contributed by atoms with Gasteiger partial charge in [-0.3, -0.25) is 19.8 Å². The van der Waals surface area contributed by atoms with Gasteiger partial charge >= 0.3 is 0 Å². The molecule has 1 atom stereocenters. The predicted octanol–water partition coefficient (Wildman–Crippen LogP) is 1.77. The summed E-state index contributed by atoms with van der Waals surface area (Å²) >= 11 is 0. The van der Waals surface area contributed by atoms with Crippen LogP contribution in [0.25, 0.3) is 0 Å². The fraction of sp³-hybridized carbons (Fsp3) is 0.450. The van der Waals surface area contributed by atoms with Crippen LogP contribution in [0.15, 0.2) is 34.2 Å². The van der Waals surface area contributed by atoms with E-state index >= 15 is 0 Å². The molecule has 0 radical (unpaired) electrons. The Kier molecular flexibility index (Phi) is 4.10. The largest absolute Gasteiger partial charge is 0.307 e. The molecule has 2 aromatic rings. The number of aromatic amines is 1. The molecule has 10 heteroatoms. The van der Waals surface area contributed by atoms with E-state index in [4.69, 9.17) is 0 Å². The molecule has 0 unspecified atom stereocenters. The number of benzene rings is 1. The number of hydrogen-bond acceptors (Lipinski definition) is 6. The van der Waals surface area contributed by atoms with Crippen LogP contribution in [0.2, 0.25) is 0 Å². The second-order valence-electron chi connectivity index (χ2n) is 8.64. The van der Waals surface area contributed by atoms with Crippen LogP contribution in [0.1, 0.15) is 48.4 Å². The van der Waals surface area contributed by atoms with E-state index in [1.54, 1.807) is 17.0 Å². The third-order valence-corrected chi connectivity index (χ3v) is 7.50. The minimum absolute atomic E-state index is 0.0706. The van der Waals surface area contributed by atoms with Gasteiger partial charge in [0.05, 0.1) is 41.0 Å². The molecule has 5 rings (SSSR count). The maximum Gasteiger partial charge on any atom is 0.263 e. The summed E-state index contributed by atoms with van der Waals surface area (Å²) in [6, 6.07) is 6.71. The number of amides is 1. The van der Waals surface area contributed by atoms with Crippen LogP contribution in [-0.2, 0) is 16.6 Å². The Morgan fingerprint density at radius 1 is 1.30 bits per heavy atom. The molecule has 1 saturated carbocycles. The number of sulfonamides is 1. The van der Waals surface area contributed by atoms with E-state index in [2.05, 4.69) is 19.9 Å². The standard InChI is InChI=1S/C20H24N6O3S/c1-12-8-14(23-22-12)11-25-18(27)16-9-15(30(28,29)24-20(3)6-7-20)4-5-17(16)26-13(2)10-21-19(25)26/h4-5,8-9,13,24H,6-7,10-11H2,1-3H3,(H,22,23)/t13-/m1/s1. The first kappa shape index (κ1) is 19.3. The van der Waals surface area contributed by atoms with Crippen molar-refractivity contribution in [2.24, 2.45) is 4.99 Å². The maximum atomic E-state index is 13.4. The summed E-state index contributed by atoms with van der Waals surface area (Å²) in [4.78, 5) is 21.7. The summed E-state index contributed by atoms with van der Waals surface area (Å²) in [6.45, 7) is 6.65. The van der Waals surface area contributed by atoms with Crippen LogP contribution in [0.4, 0.5) is 5.69 Å². The van der Waals surface area contributed by atoms with E-state index in [1.807, 2.05) is 31.7 Å². The van der Waals surface area contributed by atoms with E-state index < -0.39 is 10.0 Å². The summed E-state index contributed by atoms with van der Waals surface area (Å²) in [7, 11) is -3.71. The number of aliphatic imine (C=N–C) groups is 1. The normalized spacial score (nSPS) is 22.0. The third kappa shape index (κ3) is 3.10. The highest BCUT2D eigenvalue weighted by Gasteiger charge is 2.43. The van der Waals surface area contributed by atoms with E-state index in [0.717, 1.165) is 24.2 Å². The van der Waals surface area contributed by atoms with Crippen molar-refractivity contribution in [1.29, 1.82) is 0 Å². The lowest BCUT2D eigenvalue weighted by atomic mass is 10.1. The van der Waals surface area contributed by atoms with E-state index in [9.17, 15) is 13.2 Å². The van der Waals surface area contributed by atoms with Gasteiger partial charge < -0.3 is 4.90 Å². The molecule has 30 heavy (non-hydrogen) atoms. The number of nitrogens with one attached hydrogen (secondary N) is 2. The quantitative estimate of drug-likeness (QED) is 0.754. The number of anilines is 1. The van der Waals surface area contributed by atoms with Gasteiger partial charge in [-0.15, -0.1) is 0 Å². The first-order valence-electron chi connectivity index (χ1n) is 10.0. The molecule has 0 bridgehead atoms. The second-order valence-corrected chi connectivity index (χ2v) is 10.3. The highest BCUT2D eigenvalue weighted by Crippen LogP contribution is 2.38. The molecular formula is C20H24N6O3S. The van der Waals surface area contributed by atoms with Gasteiger partial charge in [-0.1, -0.05) is 0 Å². The number of H-pyrrole nitrogens is 1. The molecule has 1 amide bonds. The van der Waals surface area contributed by atoms with Gasteiger partial charge in [-0.25, -0.2) is 13.1 Å². The lowest BCUT2D eigenvalue weighted by molar-refractivity contribution is 0.0831. The van der Waals surface area contributed by atoms with Crippen LogP contribution >= 0.6 is 0 Å². The van der Waals surface area contributed by atoms with Crippen molar-refractivity contribution in [2.45, 2.75) is 56.6 Å². The van der Waals surface area contributed by atoms with Crippen LogP contribution in [0.5, 0.6) is 0 Å². The maximum absolute atomic E-state index is 13.4. The lowest BCUT2D eigenvalue weighted by Crippen LogP contribution is -2.52. The van der Waals surface area contributed by atoms with Crippen molar-refractivity contribution < 1.29 is 13.2 Å². The minimum atomic E-state index is -3.71. The smallest absolute Gasteiger partial charge is 0.263 e. The highest BCUT2D eigenvalue weighted by atomic mass is 32.2. The van der Waals surface area contributed by atoms with Gasteiger partial charge in [0.1, 0.15) is 0 Å². The number of guanidine groups is 1. The zero-order valence-electron chi connectivity index (χ0n) is 17.1. The molecule has 2 N–H and O–H groups in total. The zero-order valence-corrected chi connectivity index (χ0v) is 18.0. The van der Waals surface area contributed by atoms with Gasteiger partial charge in [-0.2, -0.15) is 5.10 Å². The van der Waals surface area contributed by atoms with Crippen molar-refractivity contribution in [3.63, 3.8) is 0 Å². The van der Waals surface area contributed by atoms with Gasteiger partial charge in [0.25, 0.3) is 5.91 Å². The summed E-state index contributed by atoms with van der Waals surface area (Å²) in [5.74, 6) is 0.310. The Labute approximate surface area is 175 Å². The van der Waals surface area contributed by atoms with Crippen molar-refractivity contribution in [3.05, 3.63) is 41.2 Å². The predicted molar refractivity (Wildman–Crippen MR) is 112 cm³/mol. The fourth-order valence-electron chi connectivity index (χ4n) is 3.96. The topological polar surface area (TPSA) is 111 Å². The van der Waals surface area contributed by atoms with Gasteiger partial charge in [0.2, 0.25) is 16.0 Å². The first-order chi connectivity index (χ1) is 14.2. The zero-order chi connectivity index (χ0) is 21.3. The molecule has 1 fully saturated rings. The van der Waals surface area contributed by atoms with E-state index in [0.29, 0.717) is 23.8 Å². The number of aromatic nitrogens is 2. The summed E-state index contributed by atoms with van der Waals surface area (Å²) in [5.41, 5.74) is 2.29. The number of fused-ring (bicyclic) bond motifs is 3. The summed E-state index contributed by atoms with van der Waals surface area (Å²) in [5, 5.41) is 7.13. The average Bonchev–Trinajstić information content (AvgIpc) is 3.07. The molecule has 0 spiro atoms. The fourth-order valence-corrected chi connectivity index (χ4v) is 5.45. The summed E-state index contributed by atoms with van der Waals surface area (Å²) < 4.78 is 28.5. The van der Waals surface area contributed by atoms with Gasteiger partial charge in [-0.05, 0) is 57.9 Å². The van der Waals surface area contributed by atoms with Crippen molar-refractivity contribution in [1.82, 2.24) is 19.8 Å². The van der Waals surface area contributed by atoms with Gasteiger partial charge in [0, 0.05) is 11.2 Å². The van der Waals surface area contributed by atoms with Crippen molar-refractivity contribution >= 4 is 27.6 Å². The second kappa shape index (κ2) is 6.39. The Balaban J connectivity index is 1.55. The first-order valence-corrected chi connectivity index (χ1v) is 11.5. The molecule has 2 aliphatic heterocycles. The van der Waals surface area contributed by atoms with Crippen LogP contribution in [-0.4, -0.2) is 53.5 Å². The molecule has 1 aromatic heterocycles. The molecule has 3 heterocycles. The minimum Gasteiger partial charge on any atom is -0.307 e. The number of rotatable bonds is 5. The van der Waals surface area contributed by atoms with E-state index in [-0.39, 0.29) is 28.9 Å². The highest BCUT2D eigenvalue weighted by molar-refractivity contribution is 7.89. The SMILES string of the molecule is Cc1cc(CN2C(=O)c3cc(S(=O)(=O)NC4(C)CC4)ccc3N3C2=NC[C@H]3C)n[nH]1. The number of aryl methyl sites for hydroxylation is 1. The monoisotopic (exact) mass is 428 g/mol.